The lowest BCUT2D eigenvalue weighted by atomic mass is 10.1. The van der Waals surface area contributed by atoms with Crippen molar-refractivity contribution in [2.24, 2.45) is 0 Å². The van der Waals surface area contributed by atoms with Gasteiger partial charge in [-0.1, -0.05) is 35.2 Å². The van der Waals surface area contributed by atoms with E-state index in [9.17, 15) is 4.79 Å². The number of rotatable bonds is 5. The van der Waals surface area contributed by atoms with Gasteiger partial charge in [-0.2, -0.15) is 0 Å². The molecule has 106 valence electrons. The first-order valence-electron chi connectivity index (χ1n) is 6.14. The van der Waals surface area contributed by atoms with Crippen LogP contribution in [0, 0.1) is 13.8 Å². The molecule has 0 aliphatic rings. The summed E-state index contributed by atoms with van der Waals surface area (Å²) in [7, 11) is 0. The van der Waals surface area contributed by atoms with Crippen LogP contribution in [0.4, 0.5) is 10.8 Å². The number of amides is 1. The molecule has 1 aromatic carbocycles. The predicted octanol–water partition coefficient (Wildman–Crippen LogP) is 2.86. The van der Waals surface area contributed by atoms with Gasteiger partial charge in [0.15, 0.2) is 4.34 Å². The highest BCUT2D eigenvalue weighted by atomic mass is 32.2. The molecule has 1 heterocycles. The SMILES string of the molecule is Cc1cccc(NC(=O)CCSc2nnc(N)s2)c1C. The van der Waals surface area contributed by atoms with Crippen molar-refractivity contribution >= 4 is 39.8 Å². The Kier molecular flexibility index (Phi) is 4.97. The average molecular weight is 308 g/mol. The highest BCUT2D eigenvalue weighted by molar-refractivity contribution is 8.01. The Balaban J connectivity index is 1.82. The van der Waals surface area contributed by atoms with Crippen molar-refractivity contribution in [3.05, 3.63) is 29.3 Å². The van der Waals surface area contributed by atoms with Crippen LogP contribution in [0.5, 0.6) is 0 Å². The van der Waals surface area contributed by atoms with Gasteiger partial charge in [0.2, 0.25) is 11.0 Å². The maximum Gasteiger partial charge on any atom is 0.225 e. The first-order valence-corrected chi connectivity index (χ1v) is 7.94. The molecule has 5 nitrogen and oxygen atoms in total. The van der Waals surface area contributed by atoms with Crippen LogP contribution in [-0.4, -0.2) is 21.9 Å². The fourth-order valence-electron chi connectivity index (χ4n) is 1.61. The lowest BCUT2D eigenvalue weighted by Crippen LogP contribution is -2.13. The molecule has 7 heteroatoms. The minimum absolute atomic E-state index is 0.00341. The molecule has 0 fully saturated rings. The van der Waals surface area contributed by atoms with Crippen LogP contribution >= 0.6 is 23.1 Å². The zero-order valence-corrected chi connectivity index (χ0v) is 13.0. The van der Waals surface area contributed by atoms with E-state index in [-0.39, 0.29) is 5.91 Å². The molecule has 0 atom stereocenters. The van der Waals surface area contributed by atoms with Gasteiger partial charge in [0, 0.05) is 17.9 Å². The molecule has 2 aromatic rings. The van der Waals surface area contributed by atoms with Crippen LogP contribution in [0.25, 0.3) is 0 Å². The van der Waals surface area contributed by atoms with Gasteiger partial charge in [0.25, 0.3) is 0 Å². The molecule has 0 radical (unpaired) electrons. The van der Waals surface area contributed by atoms with E-state index >= 15 is 0 Å². The molecule has 0 aliphatic heterocycles. The highest BCUT2D eigenvalue weighted by Gasteiger charge is 2.07. The minimum atomic E-state index is 0.00341. The zero-order chi connectivity index (χ0) is 14.5. The largest absolute Gasteiger partial charge is 0.374 e. The number of nitrogen functional groups attached to an aromatic ring is 1. The maximum absolute atomic E-state index is 11.9. The quantitative estimate of drug-likeness (QED) is 0.830. The summed E-state index contributed by atoms with van der Waals surface area (Å²) in [6.45, 7) is 4.03. The molecule has 0 aliphatic carbocycles. The smallest absolute Gasteiger partial charge is 0.225 e. The molecule has 2 rings (SSSR count). The minimum Gasteiger partial charge on any atom is -0.374 e. The van der Waals surface area contributed by atoms with Crippen molar-refractivity contribution in [2.75, 3.05) is 16.8 Å². The Hall–Kier alpha value is -1.60. The number of carbonyl (C=O) groups excluding carboxylic acids is 1. The Morgan fingerprint density at radius 3 is 2.90 bits per heavy atom. The Morgan fingerprint density at radius 2 is 2.20 bits per heavy atom. The van der Waals surface area contributed by atoms with Gasteiger partial charge in [-0.15, -0.1) is 10.2 Å². The summed E-state index contributed by atoms with van der Waals surface area (Å²) in [5, 5.41) is 11.0. The fourth-order valence-corrected chi connectivity index (χ4v) is 3.25. The molecule has 1 aromatic heterocycles. The highest BCUT2D eigenvalue weighted by Crippen LogP contribution is 2.24. The predicted molar refractivity (Wildman–Crippen MR) is 84.2 cm³/mol. The number of nitrogens with zero attached hydrogens (tertiary/aromatic N) is 2. The summed E-state index contributed by atoms with van der Waals surface area (Å²) in [5.74, 6) is 0.661. The van der Waals surface area contributed by atoms with E-state index in [4.69, 9.17) is 5.73 Å². The van der Waals surface area contributed by atoms with Gasteiger partial charge >= 0.3 is 0 Å². The van der Waals surface area contributed by atoms with Crippen LogP contribution in [0.2, 0.25) is 0 Å². The van der Waals surface area contributed by atoms with Crippen LogP contribution in [0.15, 0.2) is 22.5 Å². The van der Waals surface area contributed by atoms with Crippen molar-refractivity contribution in [3.8, 4) is 0 Å². The van der Waals surface area contributed by atoms with E-state index < -0.39 is 0 Å². The first kappa shape index (κ1) is 14.8. The summed E-state index contributed by atoms with van der Waals surface area (Å²) in [4.78, 5) is 11.9. The van der Waals surface area contributed by atoms with Crippen LogP contribution in [-0.2, 0) is 4.79 Å². The third kappa shape index (κ3) is 3.94. The number of nitrogens with one attached hydrogen (secondary N) is 1. The number of thioether (sulfide) groups is 1. The number of nitrogens with two attached hydrogens (primary N) is 1. The molecule has 0 saturated carbocycles. The van der Waals surface area contributed by atoms with E-state index in [1.807, 2.05) is 32.0 Å². The number of benzene rings is 1. The van der Waals surface area contributed by atoms with Crippen molar-refractivity contribution < 1.29 is 4.79 Å². The number of hydrogen-bond donors (Lipinski definition) is 2. The second-order valence-electron chi connectivity index (χ2n) is 4.30. The molecule has 0 spiro atoms. The molecule has 3 N–H and O–H groups in total. The third-order valence-electron chi connectivity index (χ3n) is 2.86. The summed E-state index contributed by atoms with van der Waals surface area (Å²) in [6.07, 6.45) is 0.428. The van der Waals surface area contributed by atoms with Gasteiger partial charge in [-0.05, 0) is 31.0 Å². The lowest BCUT2D eigenvalue weighted by Gasteiger charge is -2.09. The van der Waals surface area contributed by atoms with Gasteiger partial charge < -0.3 is 11.1 Å². The number of aryl methyl sites for hydroxylation is 1. The molecule has 0 unspecified atom stereocenters. The van der Waals surface area contributed by atoms with E-state index in [0.29, 0.717) is 17.3 Å². The first-order chi connectivity index (χ1) is 9.56. The number of hydrogen-bond acceptors (Lipinski definition) is 6. The number of anilines is 2. The van der Waals surface area contributed by atoms with Crippen LogP contribution in [0.3, 0.4) is 0 Å². The van der Waals surface area contributed by atoms with Crippen LogP contribution in [0.1, 0.15) is 17.5 Å². The Morgan fingerprint density at radius 1 is 1.40 bits per heavy atom. The van der Waals surface area contributed by atoms with Crippen molar-refractivity contribution in [1.82, 2.24) is 10.2 Å². The topological polar surface area (TPSA) is 80.9 Å². The zero-order valence-electron chi connectivity index (χ0n) is 11.3. The Labute approximate surface area is 126 Å². The Bertz CT molecular complexity index is 612. The molecule has 0 bridgehead atoms. The van der Waals surface area contributed by atoms with Crippen molar-refractivity contribution in [2.45, 2.75) is 24.6 Å². The fraction of sp³-hybridized carbons (Fsp3) is 0.308. The van der Waals surface area contributed by atoms with Crippen molar-refractivity contribution in [1.29, 1.82) is 0 Å². The second kappa shape index (κ2) is 6.71. The van der Waals surface area contributed by atoms with Gasteiger partial charge in [-0.25, -0.2) is 0 Å². The van der Waals surface area contributed by atoms with E-state index in [2.05, 4.69) is 15.5 Å². The summed E-state index contributed by atoms with van der Waals surface area (Å²) < 4.78 is 0.794. The standard InChI is InChI=1S/C13H16N4OS2/c1-8-4-3-5-10(9(8)2)15-11(18)6-7-19-13-17-16-12(14)20-13/h3-5H,6-7H2,1-2H3,(H2,14,16)(H,15,18). The van der Waals surface area contributed by atoms with Crippen LogP contribution < -0.4 is 11.1 Å². The normalized spacial score (nSPS) is 10.5. The molecular weight excluding hydrogens is 292 g/mol. The average Bonchev–Trinajstić information content (AvgIpc) is 2.81. The van der Waals surface area contributed by atoms with E-state index in [0.717, 1.165) is 15.6 Å². The number of carbonyl (C=O) groups is 1. The molecule has 0 saturated heterocycles. The molecule has 1 amide bonds. The van der Waals surface area contributed by atoms with Gasteiger partial charge in [0.05, 0.1) is 0 Å². The van der Waals surface area contributed by atoms with Gasteiger partial charge in [0.1, 0.15) is 0 Å². The van der Waals surface area contributed by atoms with Crippen molar-refractivity contribution in [3.63, 3.8) is 0 Å². The molecular formula is C13H16N4OS2. The molecule has 20 heavy (non-hydrogen) atoms. The monoisotopic (exact) mass is 308 g/mol. The summed E-state index contributed by atoms with van der Waals surface area (Å²) >= 11 is 2.83. The van der Waals surface area contributed by atoms with Gasteiger partial charge in [-0.3, -0.25) is 4.79 Å². The third-order valence-corrected chi connectivity index (χ3v) is 4.74. The van der Waals surface area contributed by atoms with E-state index in [1.165, 1.54) is 28.7 Å². The lowest BCUT2D eigenvalue weighted by molar-refractivity contribution is -0.115. The summed E-state index contributed by atoms with van der Waals surface area (Å²) in [6, 6.07) is 5.89. The second-order valence-corrected chi connectivity index (χ2v) is 6.65. The number of aromatic nitrogens is 2. The van der Waals surface area contributed by atoms with E-state index in [1.54, 1.807) is 0 Å². The maximum atomic E-state index is 11.9. The summed E-state index contributed by atoms with van der Waals surface area (Å²) in [5.41, 5.74) is 8.64.